The maximum absolute atomic E-state index is 12.5. The summed E-state index contributed by atoms with van der Waals surface area (Å²) in [5, 5.41) is 10.8. The Kier molecular flexibility index (Phi) is 4.22. The van der Waals surface area contributed by atoms with E-state index in [0.717, 1.165) is 5.56 Å². The Balaban J connectivity index is 1.90. The highest BCUT2D eigenvalue weighted by atomic mass is 32.2. The van der Waals surface area contributed by atoms with Gasteiger partial charge in [0.25, 0.3) is 5.91 Å². The first kappa shape index (κ1) is 15.4. The number of carboxylic acids is 1. The van der Waals surface area contributed by atoms with Crippen molar-refractivity contribution in [3.8, 4) is 0 Å². The molecule has 1 amide bonds. The zero-order valence-corrected chi connectivity index (χ0v) is 13.3. The van der Waals surface area contributed by atoms with Crippen LogP contribution in [0.3, 0.4) is 0 Å². The molecule has 0 unspecified atom stereocenters. The van der Waals surface area contributed by atoms with E-state index >= 15 is 0 Å². The highest BCUT2D eigenvalue weighted by Gasteiger charge is 2.33. The normalized spacial score (nSPS) is 16.2. The first-order chi connectivity index (χ1) is 11.1. The predicted octanol–water partition coefficient (Wildman–Crippen LogP) is 1.85. The molecule has 7 heteroatoms. The van der Waals surface area contributed by atoms with Gasteiger partial charge in [-0.15, -0.1) is 0 Å². The Labute approximate surface area is 141 Å². The third kappa shape index (κ3) is 3.15. The standard InChI is InChI=1S/C16H10N2O3S2/c19-14-13(9-10-5-7-17-8-6-10)23-16(22)18(14)12-3-1-11(2-4-12)15(20)21/h1-9H,(H,20,21)/p-1. The second kappa shape index (κ2) is 6.31. The van der Waals surface area contributed by atoms with Gasteiger partial charge in [0.2, 0.25) is 0 Å². The summed E-state index contributed by atoms with van der Waals surface area (Å²) in [7, 11) is 0. The van der Waals surface area contributed by atoms with Gasteiger partial charge in [-0.25, -0.2) is 0 Å². The fourth-order valence-electron chi connectivity index (χ4n) is 2.05. The van der Waals surface area contributed by atoms with E-state index in [1.807, 2.05) is 0 Å². The zero-order valence-electron chi connectivity index (χ0n) is 11.6. The molecule has 1 aliphatic heterocycles. The molecule has 1 fully saturated rings. The molecule has 1 aromatic heterocycles. The lowest BCUT2D eigenvalue weighted by molar-refractivity contribution is -0.255. The summed E-state index contributed by atoms with van der Waals surface area (Å²) < 4.78 is 0.400. The molecule has 2 heterocycles. The minimum Gasteiger partial charge on any atom is -0.545 e. The summed E-state index contributed by atoms with van der Waals surface area (Å²) in [4.78, 5) is 29.1. The molecule has 0 saturated carbocycles. The molecule has 0 spiro atoms. The van der Waals surface area contributed by atoms with E-state index in [1.165, 1.54) is 40.9 Å². The number of anilines is 1. The quantitative estimate of drug-likeness (QED) is 0.627. The summed E-state index contributed by atoms with van der Waals surface area (Å²) in [5.74, 6) is -1.50. The molecule has 0 radical (unpaired) electrons. The number of pyridine rings is 1. The average Bonchev–Trinajstić information content (AvgIpc) is 2.82. The first-order valence-electron chi connectivity index (χ1n) is 6.55. The molecule has 1 saturated heterocycles. The highest BCUT2D eigenvalue weighted by molar-refractivity contribution is 8.27. The molecular formula is C16H9N2O3S2-. The minimum absolute atomic E-state index is 0.0477. The van der Waals surface area contributed by atoms with Crippen molar-refractivity contribution in [1.29, 1.82) is 0 Å². The van der Waals surface area contributed by atoms with Gasteiger partial charge in [0.05, 0.1) is 16.6 Å². The van der Waals surface area contributed by atoms with E-state index in [4.69, 9.17) is 12.2 Å². The molecule has 23 heavy (non-hydrogen) atoms. The van der Waals surface area contributed by atoms with Crippen LogP contribution >= 0.6 is 24.0 Å². The van der Waals surface area contributed by atoms with Gasteiger partial charge in [0.1, 0.15) is 0 Å². The molecule has 1 aliphatic rings. The SMILES string of the molecule is O=C([O-])c1ccc(N2C(=O)C(=Cc3ccncc3)SC2=S)cc1. The monoisotopic (exact) mass is 341 g/mol. The maximum Gasteiger partial charge on any atom is 0.270 e. The summed E-state index contributed by atoms with van der Waals surface area (Å²) in [6.45, 7) is 0. The number of carbonyl (C=O) groups excluding carboxylic acids is 2. The smallest absolute Gasteiger partial charge is 0.270 e. The van der Waals surface area contributed by atoms with Gasteiger partial charge in [-0.2, -0.15) is 0 Å². The van der Waals surface area contributed by atoms with Gasteiger partial charge in [-0.1, -0.05) is 36.1 Å². The molecule has 1 aromatic carbocycles. The Bertz CT molecular complexity index is 817. The second-order valence-electron chi connectivity index (χ2n) is 4.63. The fourth-order valence-corrected chi connectivity index (χ4v) is 3.35. The third-order valence-corrected chi connectivity index (χ3v) is 4.46. The lowest BCUT2D eigenvalue weighted by Gasteiger charge is -2.15. The van der Waals surface area contributed by atoms with E-state index in [0.29, 0.717) is 14.9 Å². The number of aromatic carboxylic acids is 1. The number of nitrogens with zero attached hydrogens (tertiary/aromatic N) is 2. The van der Waals surface area contributed by atoms with Crippen molar-refractivity contribution in [3.63, 3.8) is 0 Å². The first-order valence-corrected chi connectivity index (χ1v) is 7.78. The highest BCUT2D eigenvalue weighted by Crippen LogP contribution is 2.35. The topological polar surface area (TPSA) is 73.3 Å². The van der Waals surface area contributed by atoms with E-state index in [1.54, 1.807) is 30.6 Å². The molecule has 3 rings (SSSR count). The summed E-state index contributed by atoms with van der Waals surface area (Å²) in [6, 6.07) is 9.42. The largest absolute Gasteiger partial charge is 0.545 e. The number of carbonyl (C=O) groups is 2. The summed E-state index contributed by atoms with van der Waals surface area (Å²) in [5.41, 5.74) is 1.43. The lowest BCUT2D eigenvalue weighted by atomic mass is 10.2. The molecule has 0 bridgehead atoms. The molecule has 0 atom stereocenters. The average molecular weight is 341 g/mol. The fraction of sp³-hybridized carbons (Fsp3) is 0. The number of rotatable bonds is 3. The van der Waals surface area contributed by atoms with Crippen LogP contribution in [0.2, 0.25) is 0 Å². The van der Waals surface area contributed by atoms with Crippen molar-refractivity contribution in [1.82, 2.24) is 4.98 Å². The van der Waals surface area contributed by atoms with Crippen LogP contribution in [-0.4, -0.2) is 21.2 Å². The third-order valence-electron chi connectivity index (χ3n) is 3.16. The minimum atomic E-state index is -1.26. The molecule has 5 nitrogen and oxygen atoms in total. The molecule has 0 N–H and O–H groups in total. The molecule has 0 aliphatic carbocycles. The molecule has 2 aromatic rings. The predicted molar refractivity (Wildman–Crippen MR) is 90.7 cm³/mol. The number of benzene rings is 1. The van der Waals surface area contributed by atoms with Gasteiger partial charge in [-0.3, -0.25) is 14.7 Å². The van der Waals surface area contributed by atoms with E-state index < -0.39 is 5.97 Å². The van der Waals surface area contributed by atoms with Crippen molar-refractivity contribution in [2.24, 2.45) is 0 Å². The van der Waals surface area contributed by atoms with Crippen molar-refractivity contribution in [2.75, 3.05) is 4.90 Å². The number of hydrogen-bond donors (Lipinski definition) is 0. The van der Waals surface area contributed by atoms with Crippen LogP contribution in [0.4, 0.5) is 5.69 Å². The number of hydrogen-bond acceptors (Lipinski definition) is 6. The van der Waals surface area contributed by atoms with Crippen LogP contribution in [0.5, 0.6) is 0 Å². The Morgan fingerprint density at radius 3 is 2.43 bits per heavy atom. The number of thioether (sulfide) groups is 1. The van der Waals surface area contributed by atoms with Crippen molar-refractivity contribution < 1.29 is 14.7 Å². The van der Waals surface area contributed by atoms with Crippen molar-refractivity contribution in [2.45, 2.75) is 0 Å². The van der Waals surface area contributed by atoms with Gasteiger partial charge in [0, 0.05) is 12.4 Å². The lowest BCUT2D eigenvalue weighted by Crippen LogP contribution is -2.28. The van der Waals surface area contributed by atoms with Crippen LogP contribution in [-0.2, 0) is 4.79 Å². The van der Waals surface area contributed by atoms with Gasteiger partial charge in [-0.05, 0) is 41.5 Å². The van der Waals surface area contributed by atoms with E-state index in [2.05, 4.69) is 4.98 Å². The molecular weight excluding hydrogens is 332 g/mol. The molecule has 114 valence electrons. The second-order valence-corrected chi connectivity index (χ2v) is 6.31. The van der Waals surface area contributed by atoms with Crippen LogP contribution in [0, 0.1) is 0 Å². The Morgan fingerprint density at radius 1 is 1.17 bits per heavy atom. The van der Waals surface area contributed by atoms with Crippen molar-refractivity contribution >= 4 is 51.9 Å². The summed E-state index contributed by atoms with van der Waals surface area (Å²) in [6.07, 6.45) is 5.03. The maximum atomic E-state index is 12.5. The number of aromatic nitrogens is 1. The van der Waals surface area contributed by atoms with Gasteiger partial charge in [0.15, 0.2) is 4.32 Å². The van der Waals surface area contributed by atoms with E-state index in [-0.39, 0.29) is 11.5 Å². The Hall–Kier alpha value is -2.51. The Morgan fingerprint density at radius 2 is 1.83 bits per heavy atom. The van der Waals surface area contributed by atoms with Crippen LogP contribution in [0.25, 0.3) is 6.08 Å². The van der Waals surface area contributed by atoms with Crippen molar-refractivity contribution in [3.05, 3.63) is 64.8 Å². The van der Waals surface area contributed by atoms with E-state index in [9.17, 15) is 14.7 Å². The van der Waals surface area contributed by atoms with Gasteiger partial charge >= 0.3 is 0 Å². The summed E-state index contributed by atoms with van der Waals surface area (Å²) >= 11 is 6.47. The zero-order chi connectivity index (χ0) is 16.4. The van der Waals surface area contributed by atoms with Crippen LogP contribution < -0.4 is 10.0 Å². The number of carboxylic acid groups (broad SMARTS) is 1. The number of thiocarbonyl (C=S) groups is 1. The van der Waals surface area contributed by atoms with Crippen LogP contribution in [0.1, 0.15) is 15.9 Å². The van der Waals surface area contributed by atoms with Gasteiger partial charge < -0.3 is 9.90 Å². The number of amides is 1. The van der Waals surface area contributed by atoms with Crippen LogP contribution in [0.15, 0.2) is 53.7 Å².